The number of amidine groups is 1. The van der Waals surface area contributed by atoms with Crippen LogP contribution in [0.3, 0.4) is 0 Å². The summed E-state index contributed by atoms with van der Waals surface area (Å²) in [5.41, 5.74) is 5.24. The van der Waals surface area contributed by atoms with Crippen LogP contribution in [0.4, 0.5) is 8.78 Å². The number of benzene rings is 1. The van der Waals surface area contributed by atoms with Gasteiger partial charge in [0, 0.05) is 5.56 Å². The van der Waals surface area contributed by atoms with E-state index in [-0.39, 0.29) is 23.3 Å². The van der Waals surface area contributed by atoms with Crippen LogP contribution in [0.2, 0.25) is 0 Å². The lowest BCUT2D eigenvalue weighted by molar-refractivity contribution is 0.0932. The van der Waals surface area contributed by atoms with Crippen LogP contribution >= 0.6 is 0 Å². The van der Waals surface area contributed by atoms with Crippen LogP contribution < -0.4 is 10.5 Å². The minimum absolute atomic E-state index is 0.0269. The van der Waals surface area contributed by atoms with Crippen molar-refractivity contribution < 1.29 is 13.5 Å². The number of nitrogens with one attached hydrogen (secondary N) is 1. The molecule has 2 rings (SSSR count). The minimum atomic E-state index is -0.803. The maximum absolute atomic E-state index is 13.8. The predicted molar refractivity (Wildman–Crippen MR) is 69.4 cm³/mol. The topological polar surface area (TPSA) is 59.1 Å². The molecule has 1 aromatic rings. The van der Waals surface area contributed by atoms with E-state index < -0.39 is 11.6 Å². The molecular weight excluding hydrogens is 250 g/mol. The van der Waals surface area contributed by atoms with E-state index in [1.807, 2.05) is 6.92 Å². The van der Waals surface area contributed by atoms with Gasteiger partial charge in [-0.15, -0.1) is 0 Å². The van der Waals surface area contributed by atoms with E-state index in [1.165, 1.54) is 0 Å². The average Bonchev–Trinajstić information content (AvgIpc) is 2.35. The first-order valence-electron chi connectivity index (χ1n) is 6.49. The molecule has 19 heavy (non-hydrogen) atoms. The number of rotatable bonds is 3. The molecule has 1 saturated carbocycles. The molecule has 0 aromatic heterocycles. The molecule has 0 saturated heterocycles. The van der Waals surface area contributed by atoms with E-state index in [9.17, 15) is 8.78 Å². The second-order valence-corrected chi connectivity index (χ2v) is 5.10. The summed E-state index contributed by atoms with van der Waals surface area (Å²) < 4.78 is 33.2. The molecule has 3 N–H and O–H groups in total. The van der Waals surface area contributed by atoms with Crippen molar-refractivity contribution in [1.82, 2.24) is 0 Å². The quantitative estimate of drug-likeness (QED) is 0.653. The lowest BCUT2D eigenvalue weighted by Crippen LogP contribution is -2.29. The van der Waals surface area contributed by atoms with Crippen LogP contribution in [-0.2, 0) is 0 Å². The van der Waals surface area contributed by atoms with Gasteiger partial charge in [0.25, 0.3) is 0 Å². The molecule has 2 atom stereocenters. The van der Waals surface area contributed by atoms with Gasteiger partial charge in [0.05, 0.1) is 0 Å². The van der Waals surface area contributed by atoms with Gasteiger partial charge < -0.3 is 10.5 Å². The molecule has 0 bridgehead atoms. The third-order valence-electron chi connectivity index (χ3n) is 3.61. The van der Waals surface area contributed by atoms with Gasteiger partial charge in [-0.05, 0) is 37.3 Å². The van der Waals surface area contributed by atoms with Crippen LogP contribution in [0.25, 0.3) is 0 Å². The molecule has 1 fully saturated rings. The summed E-state index contributed by atoms with van der Waals surface area (Å²) in [7, 11) is 0. The smallest absolute Gasteiger partial charge is 0.191 e. The molecule has 0 spiro atoms. The van der Waals surface area contributed by atoms with Crippen molar-refractivity contribution in [3.63, 3.8) is 0 Å². The Morgan fingerprint density at radius 3 is 2.37 bits per heavy atom. The maximum atomic E-state index is 13.8. The van der Waals surface area contributed by atoms with Crippen LogP contribution in [0.15, 0.2) is 12.1 Å². The van der Waals surface area contributed by atoms with Crippen LogP contribution in [-0.4, -0.2) is 11.9 Å². The van der Waals surface area contributed by atoms with Gasteiger partial charge in [-0.1, -0.05) is 13.3 Å². The van der Waals surface area contributed by atoms with Crippen LogP contribution in [0.5, 0.6) is 5.75 Å². The second kappa shape index (κ2) is 5.55. The van der Waals surface area contributed by atoms with E-state index >= 15 is 0 Å². The monoisotopic (exact) mass is 268 g/mol. The first kappa shape index (κ1) is 13.8. The van der Waals surface area contributed by atoms with Gasteiger partial charge in [0.1, 0.15) is 11.9 Å². The standard InChI is InChI=1S/C14H18F2N2O/c1-8-4-2-3-5-12(8)19-13-10(15)6-9(14(17)18)7-11(13)16/h6-8,12H,2-5H2,1H3,(H3,17,18). The van der Waals surface area contributed by atoms with E-state index in [4.69, 9.17) is 15.9 Å². The molecule has 5 heteroatoms. The Kier molecular flexibility index (Phi) is 4.02. The molecule has 0 radical (unpaired) electrons. The number of nitrogen functional groups attached to an aromatic ring is 1. The summed E-state index contributed by atoms with van der Waals surface area (Å²) >= 11 is 0. The highest BCUT2D eigenvalue weighted by atomic mass is 19.1. The third-order valence-corrected chi connectivity index (χ3v) is 3.61. The van der Waals surface area contributed by atoms with E-state index in [1.54, 1.807) is 0 Å². The van der Waals surface area contributed by atoms with Gasteiger partial charge >= 0.3 is 0 Å². The molecule has 0 heterocycles. The van der Waals surface area contributed by atoms with Gasteiger partial charge in [-0.25, -0.2) is 8.78 Å². The van der Waals surface area contributed by atoms with Crippen molar-refractivity contribution in [2.24, 2.45) is 11.7 Å². The van der Waals surface area contributed by atoms with Crippen molar-refractivity contribution in [1.29, 1.82) is 5.41 Å². The Morgan fingerprint density at radius 1 is 1.26 bits per heavy atom. The molecule has 0 amide bonds. The largest absolute Gasteiger partial charge is 0.484 e. The van der Waals surface area contributed by atoms with Crippen molar-refractivity contribution in [3.8, 4) is 5.75 Å². The van der Waals surface area contributed by atoms with Crippen molar-refractivity contribution >= 4 is 5.84 Å². The number of hydrogen-bond acceptors (Lipinski definition) is 2. The highest BCUT2D eigenvalue weighted by Gasteiger charge is 2.25. The highest BCUT2D eigenvalue weighted by Crippen LogP contribution is 2.31. The summed E-state index contributed by atoms with van der Waals surface area (Å²) in [5, 5.41) is 7.19. The Labute approximate surface area is 111 Å². The molecule has 3 nitrogen and oxygen atoms in total. The Balaban J connectivity index is 2.22. The average molecular weight is 268 g/mol. The van der Waals surface area contributed by atoms with Gasteiger partial charge in [-0.2, -0.15) is 0 Å². The normalized spacial score (nSPS) is 23.1. The minimum Gasteiger partial charge on any atom is -0.484 e. The molecule has 1 aromatic carbocycles. The summed E-state index contributed by atoms with van der Waals surface area (Å²) in [6.07, 6.45) is 3.83. The number of nitrogens with two attached hydrogens (primary N) is 1. The first-order valence-corrected chi connectivity index (χ1v) is 6.49. The fourth-order valence-electron chi connectivity index (χ4n) is 2.44. The Hall–Kier alpha value is -1.65. The fraction of sp³-hybridized carbons (Fsp3) is 0.500. The number of hydrogen-bond donors (Lipinski definition) is 2. The zero-order chi connectivity index (χ0) is 14.0. The summed E-state index contributed by atoms with van der Waals surface area (Å²) in [6.45, 7) is 2.03. The zero-order valence-corrected chi connectivity index (χ0v) is 10.9. The van der Waals surface area contributed by atoms with Gasteiger partial charge in [-0.3, -0.25) is 5.41 Å². The second-order valence-electron chi connectivity index (χ2n) is 5.10. The molecule has 1 aliphatic carbocycles. The third kappa shape index (κ3) is 3.03. The lowest BCUT2D eigenvalue weighted by Gasteiger charge is -2.29. The molecule has 104 valence electrons. The molecular formula is C14H18F2N2O. The van der Waals surface area contributed by atoms with E-state index in [2.05, 4.69) is 0 Å². The first-order chi connectivity index (χ1) is 8.99. The lowest BCUT2D eigenvalue weighted by atomic mass is 9.88. The van der Waals surface area contributed by atoms with Gasteiger partial charge in [0.2, 0.25) is 0 Å². The van der Waals surface area contributed by atoms with Crippen LogP contribution in [0.1, 0.15) is 38.2 Å². The van der Waals surface area contributed by atoms with Crippen LogP contribution in [0, 0.1) is 23.0 Å². The highest BCUT2D eigenvalue weighted by molar-refractivity contribution is 5.95. The Bertz CT molecular complexity index is 467. The zero-order valence-electron chi connectivity index (χ0n) is 10.9. The molecule has 1 aliphatic rings. The summed E-state index contributed by atoms with van der Waals surface area (Å²) in [6, 6.07) is 2.07. The van der Waals surface area contributed by atoms with Crippen molar-refractivity contribution in [2.75, 3.05) is 0 Å². The number of halogens is 2. The molecule has 0 aliphatic heterocycles. The maximum Gasteiger partial charge on any atom is 0.191 e. The SMILES string of the molecule is CC1CCCCC1Oc1c(F)cc(C(=N)N)cc1F. The predicted octanol–water partition coefficient (Wildman–Crippen LogP) is 3.21. The van der Waals surface area contributed by atoms with E-state index in [0.29, 0.717) is 5.92 Å². The van der Waals surface area contributed by atoms with Crippen molar-refractivity contribution in [2.45, 2.75) is 38.7 Å². The molecule has 2 unspecified atom stereocenters. The van der Waals surface area contributed by atoms with E-state index in [0.717, 1.165) is 37.8 Å². The Morgan fingerprint density at radius 2 is 1.84 bits per heavy atom. The summed E-state index contributed by atoms with van der Waals surface area (Å²) in [5.74, 6) is -2.04. The summed E-state index contributed by atoms with van der Waals surface area (Å²) in [4.78, 5) is 0. The van der Waals surface area contributed by atoms with Crippen molar-refractivity contribution in [3.05, 3.63) is 29.3 Å². The van der Waals surface area contributed by atoms with Gasteiger partial charge in [0.15, 0.2) is 17.4 Å². The fourth-order valence-corrected chi connectivity index (χ4v) is 2.44. The number of ether oxygens (including phenoxy) is 1.